The standard InChI is InChI=1S/C12H14Br2O2S/c13-7-11(9-5-6-17(15,16)8-9)10-3-1-2-4-12(10)14/h1-4,9,11H,5-8H2. The Kier molecular flexibility index (Phi) is 4.31. The van der Waals surface area contributed by atoms with Crippen LogP contribution >= 0.6 is 31.9 Å². The minimum Gasteiger partial charge on any atom is -0.229 e. The van der Waals surface area contributed by atoms with Crippen LogP contribution in [0.2, 0.25) is 0 Å². The van der Waals surface area contributed by atoms with E-state index >= 15 is 0 Å². The van der Waals surface area contributed by atoms with E-state index < -0.39 is 9.84 Å². The molecule has 2 rings (SSSR count). The molecule has 1 aromatic carbocycles. The highest BCUT2D eigenvalue weighted by Gasteiger charge is 2.34. The van der Waals surface area contributed by atoms with E-state index in [4.69, 9.17) is 0 Å². The normalized spacial score (nSPS) is 24.7. The number of rotatable bonds is 3. The van der Waals surface area contributed by atoms with Crippen molar-refractivity contribution in [1.29, 1.82) is 0 Å². The summed E-state index contributed by atoms with van der Waals surface area (Å²) in [6, 6.07) is 8.05. The first kappa shape index (κ1) is 13.6. The van der Waals surface area contributed by atoms with Gasteiger partial charge in [0.15, 0.2) is 9.84 Å². The molecule has 94 valence electrons. The van der Waals surface area contributed by atoms with Gasteiger partial charge in [0, 0.05) is 9.80 Å². The van der Waals surface area contributed by atoms with Crippen molar-refractivity contribution in [3.63, 3.8) is 0 Å². The van der Waals surface area contributed by atoms with Gasteiger partial charge in [0.1, 0.15) is 0 Å². The number of sulfone groups is 1. The maximum atomic E-state index is 11.6. The lowest BCUT2D eigenvalue weighted by atomic mass is 9.87. The number of hydrogen-bond donors (Lipinski definition) is 0. The molecule has 0 amide bonds. The molecule has 1 saturated heterocycles. The van der Waals surface area contributed by atoms with Gasteiger partial charge in [-0.15, -0.1) is 0 Å². The summed E-state index contributed by atoms with van der Waals surface area (Å²) in [4.78, 5) is 0. The van der Waals surface area contributed by atoms with Crippen LogP contribution in [0, 0.1) is 5.92 Å². The second-order valence-corrected chi connectivity index (χ2v) is 8.18. The Morgan fingerprint density at radius 3 is 2.59 bits per heavy atom. The smallest absolute Gasteiger partial charge is 0.150 e. The third-order valence-corrected chi connectivity index (χ3v) is 6.52. The first-order valence-electron chi connectivity index (χ1n) is 5.54. The zero-order valence-corrected chi connectivity index (χ0v) is 13.3. The van der Waals surface area contributed by atoms with Crippen LogP contribution in [-0.2, 0) is 9.84 Å². The van der Waals surface area contributed by atoms with Crippen molar-refractivity contribution >= 4 is 41.7 Å². The van der Waals surface area contributed by atoms with Crippen LogP contribution in [0.15, 0.2) is 28.7 Å². The van der Waals surface area contributed by atoms with E-state index in [0.29, 0.717) is 11.5 Å². The zero-order valence-electron chi connectivity index (χ0n) is 9.27. The maximum absolute atomic E-state index is 11.6. The number of alkyl halides is 1. The largest absolute Gasteiger partial charge is 0.229 e. The van der Waals surface area contributed by atoms with Gasteiger partial charge >= 0.3 is 0 Å². The lowest BCUT2D eigenvalue weighted by Gasteiger charge is -2.21. The fourth-order valence-electron chi connectivity index (χ4n) is 2.38. The van der Waals surface area contributed by atoms with Crippen LogP contribution in [0.1, 0.15) is 17.9 Å². The Morgan fingerprint density at radius 2 is 2.06 bits per heavy atom. The number of halogens is 2. The minimum absolute atomic E-state index is 0.234. The van der Waals surface area contributed by atoms with E-state index in [9.17, 15) is 8.42 Å². The molecule has 0 spiro atoms. The molecule has 1 aromatic rings. The molecule has 2 unspecified atom stereocenters. The van der Waals surface area contributed by atoms with Crippen LogP contribution < -0.4 is 0 Å². The van der Waals surface area contributed by atoms with Crippen LogP contribution in [-0.4, -0.2) is 25.3 Å². The SMILES string of the molecule is O=S1(=O)CCC(C(CBr)c2ccccc2Br)C1. The van der Waals surface area contributed by atoms with Crippen molar-refractivity contribution in [2.24, 2.45) is 5.92 Å². The Morgan fingerprint density at radius 1 is 1.35 bits per heavy atom. The predicted octanol–water partition coefficient (Wildman–Crippen LogP) is 3.36. The molecule has 1 aliphatic rings. The van der Waals surface area contributed by atoms with E-state index in [2.05, 4.69) is 37.9 Å². The summed E-state index contributed by atoms with van der Waals surface area (Å²) >= 11 is 7.06. The molecule has 1 heterocycles. The molecular formula is C12H14Br2O2S. The summed E-state index contributed by atoms with van der Waals surface area (Å²) in [6.07, 6.45) is 0.778. The summed E-state index contributed by atoms with van der Waals surface area (Å²) in [5, 5.41) is 0.801. The highest BCUT2D eigenvalue weighted by atomic mass is 79.9. The molecular weight excluding hydrogens is 368 g/mol. The van der Waals surface area contributed by atoms with Gasteiger partial charge in [0.05, 0.1) is 11.5 Å². The molecule has 0 aromatic heterocycles. The van der Waals surface area contributed by atoms with E-state index in [0.717, 1.165) is 16.2 Å². The predicted molar refractivity (Wildman–Crippen MR) is 77.4 cm³/mol. The third kappa shape index (κ3) is 3.12. The second kappa shape index (κ2) is 5.41. The number of benzene rings is 1. The van der Waals surface area contributed by atoms with Crippen molar-refractivity contribution in [2.45, 2.75) is 12.3 Å². The average Bonchev–Trinajstić information content (AvgIpc) is 2.63. The average molecular weight is 382 g/mol. The van der Waals surface area contributed by atoms with E-state index in [-0.39, 0.29) is 11.8 Å². The van der Waals surface area contributed by atoms with Crippen LogP contribution in [0.3, 0.4) is 0 Å². The number of hydrogen-bond acceptors (Lipinski definition) is 2. The van der Waals surface area contributed by atoms with E-state index in [1.807, 2.05) is 18.2 Å². The van der Waals surface area contributed by atoms with Gasteiger partial charge in [-0.3, -0.25) is 0 Å². The van der Waals surface area contributed by atoms with Gasteiger partial charge < -0.3 is 0 Å². The summed E-state index contributed by atoms with van der Waals surface area (Å²) in [6.45, 7) is 0. The van der Waals surface area contributed by atoms with Gasteiger partial charge in [0.25, 0.3) is 0 Å². The summed E-state index contributed by atoms with van der Waals surface area (Å²) in [5.41, 5.74) is 1.20. The van der Waals surface area contributed by atoms with Gasteiger partial charge in [0.2, 0.25) is 0 Å². The zero-order chi connectivity index (χ0) is 12.5. The molecule has 0 saturated carbocycles. The van der Waals surface area contributed by atoms with Gasteiger partial charge in [-0.1, -0.05) is 50.1 Å². The van der Waals surface area contributed by atoms with Crippen LogP contribution in [0.5, 0.6) is 0 Å². The quantitative estimate of drug-likeness (QED) is 0.752. The van der Waals surface area contributed by atoms with Crippen LogP contribution in [0.25, 0.3) is 0 Å². The Hall–Kier alpha value is 0.130. The minimum atomic E-state index is -2.81. The lowest BCUT2D eigenvalue weighted by molar-refractivity contribution is 0.504. The van der Waals surface area contributed by atoms with Gasteiger partial charge in [-0.05, 0) is 29.9 Å². The van der Waals surface area contributed by atoms with E-state index in [1.165, 1.54) is 5.56 Å². The highest BCUT2D eigenvalue weighted by molar-refractivity contribution is 9.10. The molecule has 17 heavy (non-hydrogen) atoms. The topological polar surface area (TPSA) is 34.1 Å². The molecule has 0 aliphatic carbocycles. The van der Waals surface area contributed by atoms with Crippen LogP contribution in [0.4, 0.5) is 0 Å². The summed E-state index contributed by atoms with van der Waals surface area (Å²) in [5.74, 6) is 1.16. The molecule has 2 nitrogen and oxygen atoms in total. The molecule has 0 N–H and O–H groups in total. The molecule has 1 aliphatic heterocycles. The first-order valence-corrected chi connectivity index (χ1v) is 9.28. The van der Waals surface area contributed by atoms with Crippen molar-refractivity contribution in [3.8, 4) is 0 Å². The molecule has 0 radical (unpaired) electrons. The highest BCUT2D eigenvalue weighted by Crippen LogP contribution is 2.37. The fourth-order valence-corrected chi connectivity index (χ4v) is 5.72. The first-order chi connectivity index (χ1) is 8.03. The van der Waals surface area contributed by atoms with Gasteiger partial charge in [-0.25, -0.2) is 8.42 Å². The molecule has 5 heteroatoms. The maximum Gasteiger partial charge on any atom is 0.150 e. The summed E-state index contributed by atoms with van der Waals surface area (Å²) < 4.78 is 24.2. The summed E-state index contributed by atoms with van der Waals surface area (Å²) in [7, 11) is -2.81. The fraction of sp³-hybridized carbons (Fsp3) is 0.500. The second-order valence-electron chi connectivity index (χ2n) is 4.45. The van der Waals surface area contributed by atoms with E-state index in [1.54, 1.807) is 0 Å². The third-order valence-electron chi connectivity index (χ3n) is 3.31. The molecule has 2 atom stereocenters. The van der Waals surface area contributed by atoms with Crippen molar-refractivity contribution in [2.75, 3.05) is 16.8 Å². The Labute approximate surface area is 119 Å². The molecule has 0 bridgehead atoms. The lowest BCUT2D eigenvalue weighted by Crippen LogP contribution is -2.16. The Bertz CT molecular complexity index is 499. The molecule has 1 fully saturated rings. The van der Waals surface area contributed by atoms with Crippen molar-refractivity contribution in [1.82, 2.24) is 0 Å². The Balaban J connectivity index is 2.26. The van der Waals surface area contributed by atoms with Gasteiger partial charge in [-0.2, -0.15) is 0 Å². The monoisotopic (exact) mass is 380 g/mol. The van der Waals surface area contributed by atoms with Crippen molar-refractivity contribution in [3.05, 3.63) is 34.3 Å². The van der Waals surface area contributed by atoms with Crippen molar-refractivity contribution < 1.29 is 8.42 Å².